The number of nitrogens with zero attached hydrogens (tertiary/aromatic N) is 3. The second-order valence-corrected chi connectivity index (χ2v) is 9.11. The van der Waals surface area contributed by atoms with Crippen molar-refractivity contribution in [1.82, 2.24) is 10.3 Å². The van der Waals surface area contributed by atoms with Crippen LogP contribution in [0.25, 0.3) is 0 Å². The topological polar surface area (TPSA) is 44.5 Å². The third-order valence-corrected chi connectivity index (χ3v) is 6.88. The van der Waals surface area contributed by atoms with E-state index in [1.165, 1.54) is 12.8 Å². The third-order valence-electron chi connectivity index (χ3n) is 6.27. The molecule has 2 atom stereocenters. The molecule has 2 saturated heterocycles. The number of pyridine rings is 1. The number of aromatic nitrogens is 1. The standard InChI is InChI=1S/C24H25ClN4OS/c1-16-9-12-28(13-10-16)20-8-7-17(15-18(20)25)29-23(21-6-4-14-30-21)22(27-24(29)31)19-5-2-3-11-26-19/h2-8,11,14-16,22-23H,9-10,12-13H2,1H3,(H,27,31)/t22-,23+/m1/s1. The van der Waals surface area contributed by atoms with Crippen LogP contribution in [0.2, 0.25) is 5.02 Å². The number of rotatable bonds is 4. The molecule has 3 aromatic rings. The molecule has 2 aromatic heterocycles. The van der Waals surface area contributed by atoms with Gasteiger partial charge in [0.25, 0.3) is 0 Å². The normalized spacial score (nSPS) is 22.1. The summed E-state index contributed by atoms with van der Waals surface area (Å²) < 4.78 is 5.82. The van der Waals surface area contributed by atoms with Crippen LogP contribution in [0.5, 0.6) is 0 Å². The van der Waals surface area contributed by atoms with Crippen molar-refractivity contribution in [2.45, 2.75) is 31.8 Å². The zero-order chi connectivity index (χ0) is 21.4. The van der Waals surface area contributed by atoms with Crippen molar-refractivity contribution in [3.63, 3.8) is 0 Å². The molecular formula is C24H25ClN4OS. The van der Waals surface area contributed by atoms with Crippen molar-refractivity contribution in [3.05, 3.63) is 77.5 Å². The number of hydrogen-bond donors (Lipinski definition) is 1. The highest BCUT2D eigenvalue weighted by atomic mass is 35.5. The van der Waals surface area contributed by atoms with Crippen LogP contribution in [-0.4, -0.2) is 23.2 Å². The average molecular weight is 453 g/mol. The predicted molar refractivity (Wildman–Crippen MR) is 129 cm³/mol. The highest BCUT2D eigenvalue weighted by Crippen LogP contribution is 2.43. The molecule has 0 bridgehead atoms. The number of benzene rings is 1. The first-order chi connectivity index (χ1) is 15.1. The Balaban J connectivity index is 1.49. The molecule has 5 nitrogen and oxygen atoms in total. The largest absolute Gasteiger partial charge is 0.467 e. The Labute approximate surface area is 193 Å². The summed E-state index contributed by atoms with van der Waals surface area (Å²) in [6, 6.07) is 15.7. The highest BCUT2D eigenvalue weighted by Gasteiger charge is 2.42. The van der Waals surface area contributed by atoms with Crippen LogP contribution >= 0.6 is 23.8 Å². The molecule has 0 aliphatic carbocycles. The minimum atomic E-state index is -0.157. The molecule has 1 N–H and O–H groups in total. The Morgan fingerprint density at radius 3 is 2.65 bits per heavy atom. The lowest BCUT2D eigenvalue weighted by molar-refractivity contribution is 0.432. The van der Waals surface area contributed by atoms with Crippen molar-refractivity contribution in [2.75, 3.05) is 22.9 Å². The average Bonchev–Trinajstić information content (AvgIpc) is 3.43. The van der Waals surface area contributed by atoms with E-state index in [9.17, 15) is 0 Å². The lowest BCUT2D eigenvalue weighted by Crippen LogP contribution is -2.33. The molecule has 2 aliphatic rings. The Morgan fingerprint density at radius 2 is 1.97 bits per heavy atom. The van der Waals surface area contributed by atoms with Crippen molar-refractivity contribution in [3.8, 4) is 0 Å². The lowest BCUT2D eigenvalue weighted by atomic mass is 9.98. The maximum atomic E-state index is 6.78. The van der Waals surface area contributed by atoms with Gasteiger partial charge in [0.15, 0.2) is 5.11 Å². The van der Waals surface area contributed by atoms with Crippen molar-refractivity contribution in [2.24, 2.45) is 5.92 Å². The van der Waals surface area contributed by atoms with Crippen LogP contribution in [0.1, 0.15) is 43.3 Å². The molecule has 31 heavy (non-hydrogen) atoms. The Hall–Kier alpha value is -2.57. The van der Waals surface area contributed by atoms with Gasteiger partial charge in [-0.25, -0.2) is 0 Å². The fraction of sp³-hybridized carbons (Fsp3) is 0.333. The molecule has 0 amide bonds. The van der Waals surface area contributed by atoms with Crippen molar-refractivity contribution in [1.29, 1.82) is 0 Å². The van der Waals surface area contributed by atoms with Crippen LogP contribution in [0.3, 0.4) is 0 Å². The van der Waals surface area contributed by atoms with Gasteiger partial charge in [-0.3, -0.25) is 4.98 Å². The number of furan rings is 1. The maximum absolute atomic E-state index is 6.78. The van der Waals surface area contributed by atoms with Gasteiger partial charge in [0.05, 0.1) is 28.7 Å². The second kappa shape index (κ2) is 8.52. The number of anilines is 2. The molecule has 0 unspecified atom stereocenters. The first kappa shape index (κ1) is 20.3. The summed E-state index contributed by atoms with van der Waals surface area (Å²) in [5, 5.41) is 4.82. The number of piperidine rings is 1. The first-order valence-electron chi connectivity index (χ1n) is 10.7. The van der Waals surface area contributed by atoms with Crippen LogP contribution in [0.4, 0.5) is 11.4 Å². The van der Waals surface area contributed by atoms with Gasteiger partial charge in [0.1, 0.15) is 11.8 Å². The van der Waals surface area contributed by atoms with E-state index in [0.717, 1.165) is 46.9 Å². The summed E-state index contributed by atoms with van der Waals surface area (Å²) in [6.45, 7) is 4.40. The summed E-state index contributed by atoms with van der Waals surface area (Å²) in [4.78, 5) is 9.03. The van der Waals surface area contributed by atoms with Gasteiger partial charge in [0.2, 0.25) is 0 Å². The van der Waals surface area contributed by atoms with Crippen LogP contribution in [0, 0.1) is 5.92 Å². The van der Waals surface area contributed by atoms with Crippen LogP contribution in [-0.2, 0) is 0 Å². The summed E-state index contributed by atoms with van der Waals surface area (Å²) in [5.74, 6) is 1.60. The van der Waals surface area contributed by atoms with E-state index in [4.69, 9.17) is 28.2 Å². The van der Waals surface area contributed by atoms with Crippen LogP contribution in [0.15, 0.2) is 65.4 Å². The van der Waals surface area contributed by atoms with Gasteiger partial charge in [-0.15, -0.1) is 0 Å². The molecule has 2 aliphatic heterocycles. The van der Waals surface area contributed by atoms with E-state index in [0.29, 0.717) is 5.11 Å². The predicted octanol–water partition coefficient (Wildman–Crippen LogP) is 5.74. The molecule has 1 aromatic carbocycles. The molecule has 160 valence electrons. The van der Waals surface area contributed by atoms with Gasteiger partial charge in [-0.1, -0.05) is 24.6 Å². The summed E-state index contributed by atoms with van der Waals surface area (Å²) in [5.41, 5.74) is 2.95. The smallest absolute Gasteiger partial charge is 0.174 e. The molecule has 7 heteroatoms. The molecule has 2 fully saturated rings. The minimum absolute atomic E-state index is 0.123. The summed E-state index contributed by atoms with van der Waals surface area (Å²) >= 11 is 12.5. The zero-order valence-corrected chi connectivity index (χ0v) is 18.9. The van der Waals surface area contributed by atoms with Gasteiger partial charge in [0, 0.05) is 25.0 Å². The summed E-state index contributed by atoms with van der Waals surface area (Å²) in [6.07, 6.45) is 5.89. The highest BCUT2D eigenvalue weighted by molar-refractivity contribution is 7.80. The van der Waals surface area contributed by atoms with Gasteiger partial charge in [-0.05, 0) is 73.4 Å². The van der Waals surface area contributed by atoms with Crippen molar-refractivity contribution >= 4 is 40.3 Å². The molecular weight excluding hydrogens is 428 g/mol. The maximum Gasteiger partial charge on any atom is 0.174 e. The second-order valence-electron chi connectivity index (χ2n) is 8.32. The Bertz CT molecular complexity index is 1050. The molecule has 5 rings (SSSR count). The molecule has 0 radical (unpaired) electrons. The summed E-state index contributed by atoms with van der Waals surface area (Å²) in [7, 11) is 0. The minimum Gasteiger partial charge on any atom is -0.467 e. The van der Waals surface area contributed by atoms with E-state index < -0.39 is 0 Å². The van der Waals surface area contributed by atoms with Gasteiger partial charge < -0.3 is 19.5 Å². The number of hydrogen-bond acceptors (Lipinski definition) is 4. The van der Waals surface area contributed by atoms with E-state index in [1.807, 2.05) is 36.4 Å². The van der Waals surface area contributed by atoms with E-state index >= 15 is 0 Å². The third kappa shape index (κ3) is 3.90. The van der Waals surface area contributed by atoms with Gasteiger partial charge >= 0.3 is 0 Å². The van der Waals surface area contributed by atoms with E-state index in [-0.39, 0.29) is 12.1 Å². The van der Waals surface area contributed by atoms with Crippen molar-refractivity contribution < 1.29 is 4.42 Å². The molecule has 0 spiro atoms. The number of nitrogens with one attached hydrogen (secondary N) is 1. The fourth-order valence-electron chi connectivity index (χ4n) is 4.53. The van der Waals surface area contributed by atoms with Crippen LogP contribution < -0.4 is 15.1 Å². The molecule has 0 saturated carbocycles. The van der Waals surface area contributed by atoms with E-state index in [2.05, 4.69) is 39.2 Å². The first-order valence-corrected chi connectivity index (χ1v) is 11.5. The van der Waals surface area contributed by atoms with Gasteiger partial charge in [-0.2, -0.15) is 0 Å². The number of thiocarbonyl (C=S) groups is 1. The quantitative estimate of drug-likeness (QED) is 0.509. The fourth-order valence-corrected chi connectivity index (χ4v) is 5.17. The SMILES string of the molecule is CC1CCN(c2ccc(N3C(=S)N[C@H](c4ccccn4)[C@@H]3c3ccco3)cc2Cl)CC1. The number of halogens is 1. The zero-order valence-electron chi connectivity index (χ0n) is 17.4. The Morgan fingerprint density at radius 1 is 1.13 bits per heavy atom. The lowest BCUT2D eigenvalue weighted by Gasteiger charge is -2.33. The molecule has 4 heterocycles. The Kier molecular flexibility index (Phi) is 5.59. The monoisotopic (exact) mass is 452 g/mol. The van der Waals surface area contributed by atoms with E-state index in [1.54, 1.807) is 12.5 Å².